The molecule has 0 radical (unpaired) electrons. The zero-order valence-corrected chi connectivity index (χ0v) is 17.5. The van der Waals surface area contributed by atoms with Crippen LogP contribution in [0.15, 0.2) is 63.8 Å². The molecule has 0 bridgehead atoms. The fourth-order valence-electron chi connectivity index (χ4n) is 3.69. The Morgan fingerprint density at radius 2 is 1.81 bits per heavy atom. The number of para-hydroxylation sites is 3. The number of fused-ring (bicyclic) bond motifs is 2. The van der Waals surface area contributed by atoms with E-state index in [1.54, 1.807) is 48.5 Å². The van der Waals surface area contributed by atoms with E-state index >= 15 is 0 Å². The van der Waals surface area contributed by atoms with Gasteiger partial charge in [-0.3, -0.25) is 19.3 Å². The minimum Gasteiger partial charge on any atom is -0.477 e. The topological polar surface area (TPSA) is 88.9 Å². The number of carbonyl (C=O) groups is 2. The lowest BCUT2D eigenvalue weighted by Gasteiger charge is -2.34. The smallest absolute Gasteiger partial charge is 0.294 e. The molecule has 0 fully saturated rings. The number of anilines is 1. The average molecular weight is 420 g/mol. The van der Waals surface area contributed by atoms with Gasteiger partial charge >= 0.3 is 0 Å². The van der Waals surface area contributed by atoms with Crippen molar-refractivity contribution in [2.75, 3.05) is 11.4 Å². The summed E-state index contributed by atoms with van der Waals surface area (Å²) in [7, 11) is 0. The third kappa shape index (κ3) is 4.03. The van der Waals surface area contributed by atoms with Gasteiger partial charge in [-0.15, -0.1) is 0 Å². The summed E-state index contributed by atoms with van der Waals surface area (Å²) >= 11 is 0. The van der Waals surface area contributed by atoms with Gasteiger partial charge in [0.15, 0.2) is 17.3 Å². The van der Waals surface area contributed by atoms with E-state index in [1.807, 2.05) is 13.8 Å². The van der Waals surface area contributed by atoms with Crippen LogP contribution in [0.4, 0.5) is 5.69 Å². The van der Waals surface area contributed by atoms with Crippen molar-refractivity contribution in [2.24, 2.45) is 0 Å². The highest BCUT2D eigenvalue weighted by molar-refractivity contribution is 6.06. The number of carbonyl (C=O) groups excluding carboxylic acids is 2. The molecule has 1 aromatic heterocycles. The molecular formula is C24H24N2O5. The van der Waals surface area contributed by atoms with Crippen LogP contribution in [0, 0.1) is 0 Å². The monoisotopic (exact) mass is 420 g/mol. The zero-order valence-electron chi connectivity index (χ0n) is 17.5. The summed E-state index contributed by atoms with van der Waals surface area (Å²) < 4.78 is 11.6. The molecule has 2 amide bonds. The predicted octanol–water partition coefficient (Wildman–Crippen LogP) is 3.51. The quantitative estimate of drug-likeness (QED) is 0.682. The summed E-state index contributed by atoms with van der Waals surface area (Å²) in [5.74, 6) is -0.436. The van der Waals surface area contributed by atoms with Crippen molar-refractivity contribution in [3.8, 4) is 5.75 Å². The van der Waals surface area contributed by atoms with Crippen LogP contribution < -0.4 is 20.4 Å². The van der Waals surface area contributed by atoms with Crippen LogP contribution in [-0.2, 0) is 4.79 Å². The highest BCUT2D eigenvalue weighted by Crippen LogP contribution is 2.34. The van der Waals surface area contributed by atoms with Crippen molar-refractivity contribution in [3.05, 3.63) is 70.6 Å². The number of hydrogen-bond donors (Lipinski definition) is 1. The molecule has 3 aromatic rings. The highest BCUT2D eigenvalue weighted by Gasteiger charge is 2.35. The molecular weight excluding hydrogens is 396 g/mol. The Labute approximate surface area is 179 Å². The number of benzene rings is 2. The molecule has 7 nitrogen and oxygen atoms in total. The molecule has 2 aromatic carbocycles. The second-order valence-electron chi connectivity index (χ2n) is 7.48. The van der Waals surface area contributed by atoms with Gasteiger partial charge in [0, 0.05) is 12.1 Å². The number of nitrogens with one attached hydrogen (secondary N) is 1. The van der Waals surface area contributed by atoms with Crippen molar-refractivity contribution >= 4 is 28.5 Å². The van der Waals surface area contributed by atoms with Crippen molar-refractivity contribution in [2.45, 2.75) is 38.8 Å². The molecule has 1 aliphatic heterocycles. The van der Waals surface area contributed by atoms with E-state index in [2.05, 4.69) is 5.32 Å². The van der Waals surface area contributed by atoms with Crippen LogP contribution in [0.1, 0.15) is 37.2 Å². The van der Waals surface area contributed by atoms with Gasteiger partial charge in [-0.1, -0.05) is 38.1 Å². The fraction of sp³-hybridized carbons (Fsp3) is 0.292. The summed E-state index contributed by atoms with van der Waals surface area (Å²) in [6.07, 6.45) is 0.735. The predicted molar refractivity (Wildman–Crippen MR) is 118 cm³/mol. The van der Waals surface area contributed by atoms with Gasteiger partial charge in [-0.2, -0.15) is 0 Å². The van der Waals surface area contributed by atoms with E-state index in [4.69, 9.17) is 9.15 Å². The number of rotatable bonds is 5. The average Bonchev–Trinajstić information content (AvgIpc) is 2.81. The number of hydrogen-bond acceptors (Lipinski definition) is 5. The van der Waals surface area contributed by atoms with Gasteiger partial charge in [-0.05, 0) is 37.1 Å². The number of nitrogens with zero attached hydrogens (tertiary/aromatic N) is 1. The molecule has 1 aliphatic rings. The Bertz CT molecular complexity index is 1180. The highest BCUT2D eigenvalue weighted by atomic mass is 16.5. The first-order valence-electron chi connectivity index (χ1n) is 10.4. The second-order valence-corrected chi connectivity index (χ2v) is 7.48. The third-order valence-electron chi connectivity index (χ3n) is 5.49. The maximum atomic E-state index is 13.4. The maximum Gasteiger partial charge on any atom is 0.294 e. The molecule has 0 saturated carbocycles. The van der Waals surface area contributed by atoms with Crippen LogP contribution in [0.5, 0.6) is 5.75 Å². The fourth-order valence-corrected chi connectivity index (χ4v) is 3.69. The molecule has 2 heterocycles. The minimum atomic E-state index is -0.869. The van der Waals surface area contributed by atoms with E-state index in [0.717, 1.165) is 12.8 Å². The van der Waals surface area contributed by atoms with E-state index in [9.17, 15) is 14.4 Å². The lowest BCUT2D eigenvalue weighted by Crippen LogP contribution is -2.52. The van der Waals surface area contributed by atoms with Crippen molar-refractivity contribution in [1.82, 2.24) is 5.32 Å². The Hall–Kier alpha value is -3.61. The zero-order chi connectivity index (χ0) is 22.0. The van der Waals surface area contributed by atoms with Gasteiger partial charge in [0.25, 0.3) is 11.8 Å². The molecule has 0 spiro atoms. The molecule has 31 heavy (non-hydrogen) atoms. The van der Waals surface area contributed by atoms with Gasteiger partial charge in [0.05, 0.1) is 17.6 Å². The van der Waals surface area contributed by atoms with E-state index in [1.165, 1.54) is 11.0 Å². The summed E-state index contributed by atoms with van der Waals surface area (Å²) in [5, 5.41) is 3.38. The van der Waals surface area contributed by atoms with E-state index in [-0.39, 0.29) is 29.7 Å². The number of amides is 2. The molecule has 1 N–H and O–H groups in total. The SMILES string of the molecule is CCC(CC)NC(=O)C1CN(C(=O)c2cc(=O)c3ccccc3o2)c2ccccc2O1. The summed E-state index contributed by atoms with van der Waals surface area (Å²) in [6, 6.07) is 15.0. The molecule has 0 aliphatic carbocycles. The van der Waals surface area contributed by atoms with Crippen LogP contribution in [0.25, 0.3) is 11.0 Å². The molecule has 160 valence electrons. The van der Waals surface area contributed by atoms with Crippen molar-refractivity contribution in [3.63, 3.8) is 0 Å². The maximum absolute atomic E-state index is 13.4. The van der Waals surface area contributed by atoms with Gasteiger partial charge < -0.3 is 14.5 Å². The molecule has 4 rings (SSSR count). The first kappa shape index (κ1) is 20.7. The first-order valence-corrected chi connectivity index (χ1v) is 10.4. The Balaban J connectivity index is 1.68. The lowest BCUT2D eigenvalue weighted by atomic mass is 10.1. The number of ether oxygens (including phenoxy) is 1. The van der Waals surface area contributed by atoms with Gasteiger partial charge in [0.2, 0.25) is 0 Å². The first-order chi connectivity index (χ1) is 15.0. The van der Waals surface area contributed by atoms with Gasteiger partial charge in [-0.25, -0.2) is 0 Å². The largest absolute Gasteiger partial charge is 0.477 e. The van der Waals surface area contributed by atoms with Crippen molar-refractivity contribution < 1.29 is 18.7 Å². The molecule has 1 unspecified atom stereocenters. The van der Waals surface area contributed by atoms with E-state index < -0.39 is 12.0 Å². The van der Waals surface area contributed by atoms with Crippen LogP contribution >= 0.6 is 0 Å². The van der Waals surface area contributed by atoms with E-state index in [0.29, 0.717) is 22.4 Å². The summed E-state index contributed by atoms with van der Waals surface area (Å²) in [6.45, 7) is 4.02. The Morgan fingerprint density at radius 1 is 1.10 bits per heavy atom. The summed E-state index contributed by atoms with van der Waals surface area (Å²) in [5.41, 5.74) is 0.563. The molecule has 0 saturated heterocycles. The third-order valence-corrected chi connectivity index (χ3v) is 5.49. The lowest BCUT2D eigenvalue weighted by molar-refractivity contribution is -0.128. The van der Waals surface area contributed by atoms with Crippen molar-refractivity contribution in [1.29, 1.82) is 0 Å². The molecule has 1 atom stereocenters. The second kappa shape index (κ2) is 8.63. The minimum absolute atomic E-state index is 0.0123. The normalized spacial score (nSPS) is 15.5. The molecule has 7 heteroatoms. The van der Waals surface area contributed by atoms with Crippen LogP contribution in [0.2, 0.25) is 0 Å². The van der Waals surface area contributed by atoms with Crippen LogP contribution in [0.3, 0.4) is 0 Å². The summed E-state index contributed by atoms with van der Waals surface area (Å²) in [4.78, 5) is 40.1. The Kier molecular flexibility index (Phi) is 5.75. The van der Waals surface area contributed by atoms with Crippen LogP contribution in [-0.4, -0.2) is 30.5 Å². The van der Waals surface area contributed by atoms with Gasteiger partial charge in [0.1, 0.15) is 11.3 Å². The standard InChI is InChI=1S/C24H24N2O5/c1-3-15(4-2)25-23(28)22-14-26(17-10-6-8-12-20(17)31-22)24(29)21-13-18(27)16-9-5-7-11-19(16)30-21/h5-13,15,22H,3-4,14H2,1-2H3,(H,25,28). The Morgan fingerprint density at radius 3 is 2.58 bits per heavy atom.